The number of hydrogen-bond donors (Lipinski definition) is 0. The second-order valence-corrected chi connectivity index (χ2v) is 17.5. The van der Waals surface area contributed by atoms with E-state index in [-0.39, 0.29) is 5.41 Å². The van der Waals surface area contributed by atoms with Gasteiger partial charge in [-0.2, -0.15) is 0 Å². The van der Waals surface area contributed by atoms with Crippen LogP contribution in [0, 0.1) is 0 Å². The van der Waals surface area contributed by atoms with Crippen LogP contribution in [0.2, 0.25) is 39.3 Å². The SMILES string of the molecule is CC(C)(C)c1ccc(O[Si](C)(C)C)c(/C=N/O[Si](C)(C)C)c1. The highest BCUT2D eigenvalue weighted by molar-refractivity contribution is 6.70. The van der Waals surface area contributed by atoms with Gasteiger partial charge in [0, 0.05) is 5.56 Å². The van der Waals surface area contributed by atoms with Crippen molar-refractivity contribution in [2.75, 3.05) is 0 Å². The lowest BCUT2D eigenvalue weighted by molar-refractivity contribution is 0.338. The van der Waals surface area contributed by atoms with Crippen LogP contribution in [0.1, 0.15) is 31.9 Å². The van der Waals surface area contributed by atoms with Gasteiger partial charge in [-0.25, -0.2) is 0 Å². The Balaban J connectivity index is 3.17. The molecule has 0 aliphatic rings. The summed E-state index contributed by atoms with van der Waals surface area (Å²) in [7, 11) is -3.32. The number of rotatable bonds is 5. The average molecular weight is 338 g/mol. The fraction of sp³-hybridized carbons (Fsp3) is 0.588. The standard InChI is InChI=1S/C17H31NO2Si2/c1-17(2,3)15-10-11-16(19-21(4,5)6)14(12-15)13-18-20-22(7,8)9/h10-13H,1-9H3/b18-13+. The Hall–Kier alpha value is -1.08. The first kappa shape index (κ1) is 19.0. The summed E-state index contributed by atoms with van der Waals surface area (Å²) in [6, 6.07) is 6.37. The van der Waals surface area contributed by atoms with Crippen molar-refractivity contribution in [2.45, 2.75) is 65.5 Å². The minimum Gasteiger partial charge on any atom is -0.544 e. The zero-order valence-corrected chi connectivity index (χ0v) is 17.6. The van der Waals surface area contributed by atoms with Crippen molar-refractivity contribution in [3.05, 3.63) is 29.3 Å². The number of hydrogen-bond acceptors (Lipinski definition) is 3. The Kier molecular flexibility index (Phi) is 5.68. The van der Waals surface area contributed by atoms with Crippen molar-refractivity contribution in [3.63, 3.8) is 0 Å². The molecule has 0 aliphatic carbocycles. The molecule has 0 saturated heterocycles. The lowest BCUT2D eigenvalue weighted by atomic mass is 9.86. The molecule has 1 rings (SSSR count). The van der Waals surface area contributed by atoms with E-state index in [9.17, 15) is 0 Å². The minimum absolute atomic E-state index is 0.0971. The van der Waals surface area contributed by atoms with E-state index >= 15 is 0 Å². The summed E-state index contributed by atoms with van der Waals surface area (Å²) >= 11 is 0. The Morgan fingerprint density at radius 2 is 1.55 bits per heavy atom. The van der Waals surface area contributed by atoms with Gasteiger partial charge in [0.15, 0.2) is 0 Å². The maximum absolute atomic E-state index is 6.19. The van der Waals surface area contributed by atoms with Crippen molar-refractivity contribution in [1.29, 1.82) is 0 Å². The van der Waals surface area contributed by atoms with Gasteiger partial charge in [0.1, 0.15) is 5.75 Å². The van der Waals surface area contributed by atoms with Gasteiger partial charge in [-0.3, -0.25) is 0 Å². The van der Waals surface area contributed by atoms with Gasteiger partial charge in [0.2, 0.25) is 8.32 Å². The lowest BCUT2D eigenvalue weighted by Gasteiger charge is -2.24. The van der Waals surface area contributed by atoms with Gasteiger partial charge in [-0.05, 0) is 62.4 Å². The molecule has 0 saturated carbocycles. The van der Waals surface area contributed by atoms with Gasteiger partial charge in [0.05, 0.1) is 6.21 Å². The second kappa shape index (κ2) is 6.58. The summed E-state index contributed by atoms with van der Waals surface area (Å²) in [6.07, 6.45) is 1.79. The monoisotopic (exact) mass is 337 g/mol. The van der Waals surface area contributed by atoms with Crippen LogP contribution in [0.25, 0.3) is 0 Å². The number of nitrogens with zero attached hydrogens (tertiary/aromatic N) is 1. The van der Waals surface area contributed by atoms with E-state index < -0.39 is 16.6 Å². The largest absolute Gasteiger partial charge is 0.544 e. The van der Waals surface area contributed by atoms with E-state index in [4.69, 9.17) is 8.95 Å². The van der Waals surface area contributed by atoms with Crippen LogP contribution in [0.4, 0.5) is 0 Å². The van der Waals surface area contributed by atoms with E-state index in [1.807, 2.05) is 0 Å². The summed E-state index contributed by atoms with van der Waals surface area (Å²) in [5, 5.41) is 4.20. The summed E-state index contributed by atoms with van der Waals surface area (Å²) in [5.74, 6) is 0.898. The third kappa shape index (κ3) is 6.79. The van der Waals surface area contributed by atoms with Crippen LogP contribution in [-0.2, 0) is 9.94 Å². The van der Waals surface area contributed by atoms with Gasteiger partial charge in [-0.15, -0.1) is 5.16 Å². The molecule has 0 radical (unpaired) electrons. The van der Waals surface area contributed by atoms with Crippen molar-refractivity contribution in [3.8, 4) is 5.75 Å². The van der Waals surface area contributed by atoms with Crippen molar-refractivity contribution >= 4 is 22.8 Å². The Morgan fingerprint density at radius 3 is 2.00 bits per heavy atom. The fourth-order valence-corrected chi connectivity index (χ4v) is 2.99. The van der Waals surface area contributed by atoms with Crippen LogP contribution in [-0.4, -0.2) is 22.8 Å². The normalized spacial score (nSPS) is 13.5. The molecule has 22 heavy (non-hydrogen) atoms. The van der Waals surface area contributed by atoms with Crippen molar-refractivity contribution in [1.82, 2.24) is 0 Å². The summed E-state index contributed by atoms with van der Waals surface area (Å²) < 4.78 is 11.8. The number of oxime groups is 1. The Bertz CT molecular complexity index is 535. The first-order chi connectivity index (χ1) is 9.78. The molecule has 0 fully saturated rings. The maximum atomic E-state index is 6.19. The average Bonchev–Trinajstić information content (AvgIpc) is 2.26. The van der Waals surface area contributed by atoms with Gasteiger partial charge in [-0.1, -0.05) is 26.8 Å². The summed E-state index contributed by atoms with van der Waals surface area (Å²) in [4.78, 5) is 0. The third-order valence-corrected chi connectivity index (χ3v) is 4.30. The highest BCUT2D eigenvalue weighted by Gasteiger charge is 2.21. The fourth-order valence-electron chi connectivity index (χ4n) is 1.78. The Labute approximate surface area is 138 Å². The first-order valence-corrected chi connectivity index (χ1v) is 14.6. The van der Waals surface area contributed by atoms with Crippen LogP contribution < -0.4 is 4.43 Å². The number of benzene rings is 1. The zero-order valence-electron chi connectivity index (χ0n) is 15.6. The highest BCUT2D eigenvalue weighted by Crippen LogP contribution is 2.28. The van der Waals surface area contributed by atoms with E-state index in [0.29, 0.717) is 0 Å². The van der Waals surface area contributed by atoms with Crippen LogP contribution in [0.5, 0.6) is 5.75 Å². The minimum atomic E-state index is -1.66. The van der Waals surface area contributed by atoms with Crippen LogP contribution >= 0.6 is 0 Å². The quantitative estimate of drug-likeness (QED) is 0.410. The van der Waals surface area contributed by atoms with Crippen LogP contribution in [0.15, 0.2) is 23.4 Å². The summed E-state index contributed by atoms with van der Waals surface area (Å²) in [6.45, 7) is 19.5. The predicted octanol–water partition coefficient (Wildman–Crippen LogP) is 5.38. The topological polar surface area (TPSA) is 30.8 Å². The lowest BCUT2D eigenvalue weighted by Crippen LogP contribution is -2.30. The van der Waals surface area contributed by atoms with Crippen molar-refractivity contribution in [2.24, 2.45) is 5.16 Å². The van der Waals surface area contributed by atoms with Gasteiger partial charge in [0.25, 0.3) is 8.32 Å². The van der Waals surface area contributed by atoms with Crippen LogP contribution in [0.3, 0.4) is 0 Å². The second-order valence-electron chi connectivity index (χ2n) is 8.66. The maximum Gasteiger partial charge on any atom is 0.278 e. The third-order valence-electron chi connectivity index (χ3n) is 2.81. The molecule has 0 atom stereocenters. The smallest absolute Gasteiger partial charge is 0.278 e. The molecule has 0 unspecified atom stereocenters. The van der Waals surface area contributed by atoms with E-state index in [1.54, 1.807) is 6.21 Å². The van der Waals surface area contributed by atoms with E-state index in [1.165, 1.54) is 5.56 Å². The predicted molar refractivity (Wildman–Crippen MR) is 101 cm³/mol. The molecule has 124 valence electrons. The molecule has 0 aliphatic heterocycles. The molecule has 0 aromatic heterocycles. The molecule has 0 heterocycles. The van der Waals surface area contributed by atoms with E-state index in [2.05, 4.69) is 83.4 Å². The zero-order chi connectivity index (χ0) is 17.2. The first-order valence-electron chi connectivity index (χ1n) is 7.83. The van der Waals surface area contributed by atoms with Crippen molar-refractivity contribution < 1.29 is 8.95 Å². The molecule has 1 aromatic rings. The molecular weight excluding hydrogens is 306 g/mol. The molecule has 5 heteroatoms. The molecular formula is C17H31NO2Si2. The molecule has 0 bridgehead atoms. The molecule has 0 N–H and O–H groups in total. The molecule has 0 amide bonds. The van der Waals surface area contributed by atoms with Gasteiger partial charge >= 0.3 is 0 Å². The molecule has 3 nitrogen and oxygen atoms in total. The molecule has 1 aromatic carbocycles. The molecule has 0 spiro atoms. The highest BCUT2D eigenvalue weighted by atomic mass is 28.4. The summed E-state index contributed by atoms with van der Waals surface area (Å²) in [5.41, 5.74) is 2.36. The Morgan fingerprint density at radius 1 is 0.955 bits per heavy atom. The van der Waals surface area contributed by atoms with Gasteiger partial charge < -0.3 is 8.95 Å². The van der Waals surface area contributed by atoms with E-state index in [0.717, 1.165) is 11.3 Å².